The van der Waals surface area contributed by atoms with Crippen molar-refractivity contribution in [2.75, 3.05) is 28.9 Å². The molecular weight excluding hydrogens is 219 g/mol. The van der Waals surface area contributed by atoms with Crippen molar-refractivity contribution >= 4 is 46.7 Å². The summed E-state index contributed by atoms with van der Waals surface area (Å²) in [6.07, 6.45) is 0. The van der Waals surface area contributed by atoms with Gasteiger partial charge in [0.1, 0.15) is 0 Å². The topological polar surface area (TPSA) is 0 Å². The number of hydrogen-bond donors (Lipinski definition) is 0. The van der Waals surface area contributed by atoms with Gasteiger partial charge in [-0.05, 0) is 6.92 Å². The third kappa shape index (κ3) is 11.3. The van der Waals surface area contributed by atoms with Crippen molar-refractivity contribution in [3.05, 3.63) is 0 Å². The van der Waals surface area contributed by atoms with E-state index in [0.29, 0.717) is 5.38 Å². The van der Waals surface area contributed by atoms with Gasteiger partial charge < -0.3 is 0 Å². The minimum atomic E-state index is 0.304. The summed E-state index contributed by atoms with van der Waals surface area (Å²) in [7, 11) is 0. The van der Waals surface area contributed by atoms with Gasteiger partial charge in [-0.15, -0.1) is 23.2 Å². The van der Waals surface area contributed by atoms with E-state index < -0.39 is 0 Å². The third-order valence-electron chi connectivity index (χ3n) is 0.941. The molecule has 0 nitrogen and oxygen atoms in total. The van der Waals surface area contributed by atoms with E-state index in [-0.39, 0.29) is 0 Å². The average molecular weight is 233 g/mol. The molecule has 0 spiro atoms. The van der Waals surface area contributed by atoms with Crippen LogP contribution in [0.5, 0.6) is 0 Å². The maximum absolute atomic E-state index is 5.77. The zero-order valence-electron chi connectivity index (χ0n) is 6.69. The predicted octanol–water partition coefficient (Wildman–Crippen LogP) is 3.32. The van der Waals surface area contributed by atoms with Crippen LogP contribution in [0.3, 0.4) is 0 Å². The Bertz CT molecular complexity index is 78.8. The summed E-state index contributed by atoms with van der Waals surface area (Å²) >= 11 is 15.1. The summed E-state index contributed by atoms with van der Waals surface area (Å²) in [4.78, 5) is 0. The lowest BCUT2D eigenvalue weighted by Crippen LogP contribution is -1.97. The molecule has 0 aromatic rings. The molecule has 0 aliphatic carbocycles. The Morgan fingerprint density at radius 3 is 2.36 bits per heavy atom. The highest BCUT2D eigenvalue weighted by molar-refractivity contribution is 8.03. The van der Waals surface area contributed by atoms with E-state index >= 15 is 0 Å². The zero-order valence-corrected chi connectivity index (χ0v) is 9.83. The molecule has 1 unspecified atom stereocenters. The highest BCUT2D eigenvalue weighted by atomic mass is 35.5. The fraction of sp³-hybridized carbons (Fsp3) is 1.00. The van der Waals surface area contributed by atoms with Gasteiger partial charge in [-0.25, -0.2) is 0 Å². The normalized spacial score (nSPS) is 13.4. The summed E-state index contributed by atoms with van der Waals surface area (Å²) in [5, 5.41) is 0.304. The monoisotopic (exact) mass is 232 g/mol. The Morgan fingerprint density at radius 2 is 1.82 bits per heavy atom. The summed E-state index contributed by atoms with van der Waals surface area (Å²) in [5.41, 5.74) is 0. The summed E-state index contributed by atoms with van der Waals surface area (Å²) in [6.45, 7) is 2.03. The zero-order chi connectivity index (χ0) is 8.53. The van der Waals surface area contributed by atoms with Gasteiger partial charge >= 0.3 is 0 Å². The van der Waals surface area contributed by atoms with E-state index in [1.165, 1.54) is 11.5 Å². The van der Waals surface area contributed by atoms with Gasteiger partial charge in [-0.1, -0.05) is 0 Å². The summed E-state index contributed by atoms with van der Waals surface area (Å²) in [5.74, 6) is 5.28. The minimum absolute atomic E-state index is 0.304. The first-order valence-corrected chi connectivity index (χ1v) is 6.91. The van der Waals surface area contributed by atoms with E-state index in [0.717, 1.165) is 17.4 Å². The van der Waals surface area contributed by atoms with Crippen molar-refractivity contribution in [2.24, 2.45) is 0 Å². The number of hydrogen-bond acceptors (Lipinski definition) is 2. The number of alkyl halides is 2. The Hall–Kier alpha value is 1.28. The Labute approximate surface area is 87.8 Å². The van der Waals surface area contributed by atoms with Crippen LogP contribution in [0.4, 0.5) is 0 Å². The quantitative estimate of drug-likeness (QED) is 0.488. The molecule has 4 heteroatoms. The van der Waals surface area contributed by atoms with Gasteiger partial charge in [0.25, 0.3) is 0 Å². The van der Waals surface area contributed by atoms with Gasteiger partial charge in [0.05, 0.1) is 0 Å². The molecule has 0 bridgehead atoms. The number of halogens is 2. The summed E-state index contributed by atoms with van der Waals surface area (Å²) < 4.78 is 0. The van der Waals surface area contributed by atoms with Gasteiger partial charge in [-0.3, -0.25) is 0 Å². The Kier molecular flexibility index (Phi) is 10.5. The molecule has 0 saturated heterocycles. The van der Waals surface area contributed by atoms with Crippen LogP contribution in [0, 0.1) is 0 Å². The van der Waals surface area contributed by atoms with Crippen molar-refractivity contribution in [3.63, 3.8) is 0 Å². The van der Waals surface area contributed by atoms with Crippen molar-refractivity contribution in [2.45, 2.75) is 12.3 Å². The lowest BCUT2D eigenvalue weighted by molar-refractivity contribution is 1.11. The molecule has 0 radical (unpaired) electrons. The van der Waals surface area contributed by atoms with E-state index in [1.807, 2.05) is 30.4 Å². The molecule has 0 fully saturated rings. The van der Waals surface area contributed by atoms with Crippen molar-refractivity contribution in [3.8, 4) is 0 Å². The second-order valence-corrected chi connectivity index (χ2v) is 5.65. The van der Waals surface area contributed by atoms with E-state index in [4.69, 9.17) is 23.2 Å². The second kappa shape index (κ2) is 9.37. The molecule has 0 aliphatic heterocycles. The van der Waals surface area contributed by atoms with Crippen LogP contribution in [0.2, 0.25) is 0 Å². The lowest BCUT2D eigenvalue weighted by Gasteiger charge is -2.01. The molecule has 1 atom stereocenters. The maximum Gasteiger partial charge on any atom is 0.0398 e. The first-order chi connectivity index (χ1) is 5.27. The van der Waals surface area contributed by atoms with Crippen LogP contribution in [0.1, 0.15) is 6.92 Å². The molecule has 0 aromatic heterocycles. The number of thioether (sulfide) groups is 2. The maximum atomic E-state index is 5.77. The smallest absolute Gasteiger partial charge is 0.0398 e. The summed E-state index contributed by atoms with van der Waals surface area (Å²) in [6, 6.07) is 0. The van der Waals surface area contributed by atoms with Gasteiger partial charge in [0.15, 0.2) is 0 Å². The molecule has 0 aliphatic rings. The highest BCUT2D eigenvalue weighted by Crippen LogP contribution is 2.10. The first kappa shape index (κ1) is 12.3. The molecule has 0 aromatic carbocycles. The van der Waals surface area contributed by atoms with Crippen LogP contribution >= 0.6 is 46.7 Å². The van der Waals surface area contributed by atoms with Gasteiger partial charge in [-0.2, -0.15) is 23.5 Å². The Morgan fingerprint density at radius 1 is 1.18 bits per heavy atom. The first-order valence-electron chi connectivity index (χ1n) is 3.63. The van der Waals surface area contributed by atoms with Gasteiger partial charge in [0, 0.05) is 34.3 Å². The average Bonchev–Trinajstić information content (AvgIpc) is 1.96. The van der Waals surface area contributed by atoms with Crippen molar-refractivity contribution < 1.29 is 0 Å². The standard InChI is InChI=1S/C7H14Cl2S2/c1-7(9)6-11-5-4-10-3-2-8/h7H,2-6H2,1H3. The highest BCUT2D eigenvalue weighted by Gasteiger charge is 1.95. The fourth-order valence-corrected chi connectivity index (χ4v) is 2.86. The molecule has 11 heavy (non-hydrogen) atoms. The van der Waals surface area contributed by atoms with Crippen LogP contribution in [-0.4, -0.2) is 34.3 Å². The SMILES string of the molecule is CC(Cl)CSCCSCCCl. The van der Waals surface area contributed by atoms with E-state index in [2.05, 4.69) is 0 Å². The lowest BCUT2D eigenvalue weighted by atomic mass is 10.6. The predicted molar refractivity (Wildman–Crippen MR) is 60.7 cm³/mol. The molecule has 0 rings (SSSR count). The van der Waals surface area contributed by atoms with Crippen molar-refractivity contribution in [1.82, 2.24) is 0 Å². The van der Waals surface area contributed by atoms with E-state index in [1.54, 1.807) is 0 Å². The van der Waals surface area contributed by atoms with Crippen LogP contribution in [-0.2, 0) is 0 Å². The third-order valence-corrected chi connectivity index (χ3v) is 4.16. The Balaban J connectivity index is 2.80. The van der Waals surface area contributed by atoms with Gasteiger partial charge in [0.2, 0.25) is 0 Å². The minimum Gasteiger partial charge on any atom is -0.160 e. The van der Waals surface area contributed by atoms with Crippen LogP contribution in [0.15, 0.2) is 0 Å². The molecular formula is C7H14Cl2S2. The largest absolute Gasteiger partial charge is 0.160 e. The van der Waals surface area contributed by atoms with Crippen molar-refractivity contribution in [1.29, 1.82) is 0 Å². The van der Waals surface area contributed by atoms with Crippen LogP contribution < -0.4 is 0 Å². The molecule has 68 valence electrons. The molecule has 0 amide bonds. The number of rotatable bonds is 7. The molecule has 0 saturated carbocycles. The molecule has 0 heterocycles. The molecule has 0 N–H and O–H groups in total. The fourth-order valence-electron chi connectivity index (χ4n) is 0.520. The van der Waals surface area contributed by atoms with Crippen LogP contribution in [0.25, 0.3) is 0 Å². The van der Waals surface area contributed by atoms with E-state index in [9.17, 15) is 0 Å². The second-order valence-electron chi connectivity index (χ2n) is 2.16.